The number of benzene rings is 2. The third kappa shape index (κ3) is 3.97. The van der Waals surface area contributed by atoms with E-state index in [1.807, 2.05) is 37.3 Å². The van der Waals surface area contributed by atoms with Crippen molar-refractivity contribution in [3.05, 3.63) is 74.7 Å². The molecule has 0 fully saturated rings. The Hall–Kier alpha value is -2.86. The first kappa shape index (κ1) is 17.0. The molecule has 0 radical (unpaired) electrons. The first-order chi connectivity index (χ1) is 12.1. The summed E-state index contributed by atoms with van der Waals surface area (Å²) in [6.07, 6.45) is 1.44. The molecule has 2 aromatic carbocycles. The molecule has 0 spiro atoms. The van der Waals surface area contributed by atoms with Crippen LogP contribution in [0.4, 0.5) is 5.69 Å². The fourth-order valence-electron chi connectivity index (χ4n) is 2.34. The van der Waals surface area contributed by atoms with Gasteiger partial charge in [-0.25, -0.2) is 9.90 Å². The normalized spacial score (nSPS) is 11.2. The van der Waals surface area contributed by atoms with Crippen molar-refractivity contribution < 1.29 is 4.74 Å². The second kappa shape index (κ2) is 7.36. The summed E-state index contributed by atoms with van der Waals surface area (Å²) < 4.78 is 6.69. The third-order valence-electron chi connectivity index (χ3n) is 3.67. The molecule has 1 aromatic heterocycles. The van der Waals surface area contributed by atoms with E-state index >= 15 is 0 Å². The van der Waals surface area contributed by atoms with Crippen molar-refractivity contribution in [2.24, 2.45) is 4.99 Å². The monoisotopic (exact) mass is 356 g/mol. The number of aromatic nitrogens is 3. The summed E-state index contributed by atoms with van der Waals surface area (Å²) in [6.45, 7) is 2.34. The van der Waals surface area contributed by atoms with Crippen LogP contribution in [0.25, 0.3) is 0 Å². The van der Waals surface area contributed by atoms with Gasteiger partial charge in [0.25, 0.3) is 5.56 Å². The molecule has 1 N–H and O–H groups in total. The lowest BCUT2D eigenvalue weighted by atomic mass is 10.2. The molecule has 0 bridgehead atoms. The maximum atomic E-state index is 12.4. The maximum absolute atomic E-state index is 12.4. The van der Waals surface area contributed by atoms with Gasteiger partial charge in [-0.05, 0) is 42.3 Å². The number of aryl methyl sites for hydroxylation is 1. The molecule has 7 heteroatoms. The molecule has 25 heavy (non-hydrogen) atoms. The largest absolute Gasteiger partial charge is 0.494 e. The molecule has 6 nitrogen and oxygen atoms in total. The van der Waals surface area contributed by atoms with Crippen LogP contribution in [0.15, 0.2) is 52.3 Å². The molecule has 0 unspecified atom stereocenters. The van der Waals surface area contributed by atoms with Gasteiger partial charge in [-0.2, -0.15) is 5.10 Å². The number of nitrogens with one attached hydrogen (secondary N) is 1. The number of aliphatic imine (C=N–C) groups is 1. The second-order valence-electron chi connectivity index (χ2n) is 5.55. The predicted octanol–water partition coefficient (Wildman–Crippen LogP) is 3.34. The molecule has 0 amide bonds. The van der Waals surface area contributed by atoms with Crippen LogP contribution in [0.1, 0.15) is 16.8 Å². The first-order valence-corrected chi connectivity index (χ1v) is 8.03. The molecule has 0 saturated heterocycles. The molecule has 0 saturated carbocycles. The predicted molar refractivity (Wildman–Crippen MR) is 98.4 cm³/mol. The molecule has 0 atom stereocenters. The molecule has 128 valence electrons. The standard InChI is InChI=1S/C18H17ClN4O2/c1-12-3-8-17(25-2)15(9-12)20-10-16-18(24)23(22-21-16)11-13-4-6-14(19)7-5-13/h3-10,22H,11H2,1-2H3. The van der Waals surface area contributed by atoms with E-state index in [0.29, 0.717) is 23.0 Å². The number of halogens is 1. The van der Waals surface area contributed by atoms with Crippen molar-refractivity contribution in [1.29, 1.82) is 0 Å². The topological polar surface area (TPSA) is 72.3 Å². The van der Waals surface area contributed by atoms with Gasteiger partial charge in [0.15, 0.2) is 5.69 Å². The van der Waals surface area contributed by atoms with Gasteiger partial charge in [-0.1, -0.05) is 29.8 Å². The second-order valence-corrected chi connectivity index (χ2v) is 5.98. The fourth-order valence-corrected chi connectivity index (χ4v) is 2.47. The highest BCUT2D eigenvalue weighted by Crippen LogP contribution is 2.27. The average Bonchev–Trinajstić information content (AvgIpc) is 2.95. The summed E-state index contributed by atoms with van der Waals surface area (Å²) in [5, 5.41) is 7.40. The van der Waals surface area contributed by atoms with Crippen LogP contribution in [0.5, 0.6) is 5.75 Å². The number of hydrogen-bond donors (Lipinski definition) is 1. The van der Waals surface area contributed by atoms with Crippen molar-refractivity contribution in [2.75, 3.05) is 7.11 Å². The van der Waals surface area contributed by atoms with Gasteiger partial charge < -0.3 is 4.74 Å². The highest BCUT2D eigenvalue weighted by atomic mass is 35.5. The number of nitrogens with zero attached hydrogens (tertiary/aromatic N) is 3. The summed E-state index contributed by atoms with van der Waals surface area (Å²) >= 11 is 5.87. The molecule has 0 aliphatic rings. The summed E-state index contributed by atoms with van der Waals surface area (Å²) in [5.41, 5.74) is 2.63. The summed E-state index contributed by atoms with van der Waals surface area (Å²) in [5.74, 6) is 0.638. The van der Waals surface area contributed by atoms with Gasteiger partial charge in [-0.15, -0.1) is 0 Å². The number of rotatable bonds is 5. The number of H-pyrrole nitrogens is 1. The SMILES string of the molecule is COc1ccc(C)cc1N=Cc1n[nH]n(Cc2ccc(Cl)cc2)c1=O. The Kier molecular flexibility index (Phi) is 5.00. The van der Waals surface area contributed by atoms with E-state index in [1.165, 1.54) is 10.9 Å². The Bertz CT molecular complexity index is 958. The van der Waals surface area contributed by atoms with Crippen LogP contribution in [0, 0.1) is 6.92 Å². The van der Waals surface area contributed by atoms with Crippen molar-refractivity contribution in [3.63, 3.8) is 0 Å². The minimum absolute atomic E-state index is 0.234. The van der Waals surface area contributed by atoms with Gasteiger partial charge in [0.1, 0.15) is 11.4 Å². The number of aromatic amines is 1. The highest BCUT2D eigenvalue weighted by Gasteiger charge is 2.07. The Balaban J connectivity index is 1.83. The number of ether oxygens (including phenoxy) is 1. The van der Waals surface area contributed by atoms with Gasteiger partial charge in [0, 0.05) is 5.02 Å². The van der Waals surface area contributed by atoms with E-state index in [-0.39, 0.29) is 11.3 Å². The van der Waals surface area contributed by atoms with Gasteiger partial charge >= 0.3 is 0 Å². The van der Waals surface area contributed by atoms with Crippen LogP contribution in [0.3, 0.4) is 0 Å². The van der Waals surface area contributed by atoms with E-state index in [1.54, 1.807) is 19.2 Å². The number of hydrogen-bond acceptors (Lipinski definition) is 4. The molecular weight excluding hydrogens is 340 g/mol. The van der Waals surface area contributed by atoms with Gasteiger partial charge in [0.05, 0.1) is 19.9 Å². The van der Waals surface area contributed by atoms with Crippen molar-refractivity contribution in [3.8, 4) is 5.75 Å². The lowest BCUT2D eigenvalue weighted by molar-refractivity contribution is 0.416. The zero-order valence-electron chi connectivity index (χ0n) is 13.9. The minimum Gasteiger partial charge on any atom is -0.494 e. The third-order valence-corrected chi connectivity index (χ3v) is 3.92. The van der Waals surface area contributed by atoms with Crippen molar-refractivity contribution in [1.82, 2.24) is 15.0 Å². The van der Waals surface area contributed by atoms with E-state index in [2.05, 4.69) is 15.3 Å². The smallest absolute Gasteiger partial charge is 0.295 e. The Morgan fingerprint density at radius 1 is 1.28 bits per heavy atom. The van der Waals surface area contributed by atoms with E-state index < -0.39 is 0 Å². The lowest BCUT2D eigenvalue weighted by Crippen LogP contribution is -2.19. The molecule has 3 aromatic rings. The Morgan fingerprint density at radius 2 is 2.04 bits per heavy atom. The van der Waals surface area contributed by atoms with Crippen LogP contribution >= 0.6 is 11.6 Å². The first-order valence-electron chi connectivity index (χ1n) is 7.65. The Labute approximate surface area is 149 Å². The van der Waals surface area contributed by atoms with Crippen LogP contribution in [-0.4, -0.2) is 28.3 Å². The van der Waals surface area contributed by atoms with Crippen molar-refractivity contribution in [2.45, 2.75) is 13.5 Å². The lowest BCUT2D eigenvalue weighted by Gasteiger charge is -2.04. The van der Waals surface area contributed by atoms with E-state index in [9.17, 15) is 4.79 Å². The number of methoxy groups -OCH3 is 1. The molecular formula is C18H17ClN4O2. The van der Waals surface area contributed by atoms with Crippen LogP contribution in [0.2, 0.25) is 5.02 Å². The van der Waals surface area contributed by atoms with Gasteiger partial charge in [-0.3, -0.25) is 9.79 Å². The zero-order valence-corrected chi connectivity index (χ0v) is 14.6. The quantitative estimate of drug-likeness (QED) is 0.712. The van der Waals surface area contributed by atoms with E-state index in [0.717, 1.165) is 11.1 Å². The highest BCUT2D eigenvalue weighted by molar-refractivity contribution is 6.30. The summed E-state index contributed by atoms with van der Waals surface area (Å²) in [4.78, 5) is 16.7. The Morgan fingerprint density at radius 3 is 2.76 bits per heavy atom. The van der Waals surface area contributed by atoms with E-state index in [4.69, 9.17) is 16.3 Å². The molecule has 1 heterocycles. The van der Waals surface area contributed by atoms with Crippen LogP contribution in [-0.2, 0) is 6.54 Å². The zero-order chi connectivity index (χ0) is 17.8. The molecule has 0 aliphatic heterocycles. The van der Waals surface area contributed by atoms with Crippen molar-refractivity contribution >= 4 is 23.5 Å². The fraction of sp³-hybridized carbons (Fsp3) is 0.167. The minimum atomic E-state index is -0.245. The summed E-state index contributed by atoms with van der Waals surface area (Å²) in [6, 6.07) is 12.9. The maximum Gasteiger partial charge on any atom is 0.295 e. The van der Waals surface area contributed by atoms with Crippen LogP contribution < -0.4 is 10.3 Å². The average molecular weight is 357 g/mol. The molecule has 3 rings (SSSR count). The van der Waals surface area contributed by atoms with Gasteiger partial charge in [0.2, 0.25) is 0 Å². The summed E-state index contributed by atoms with van der Waals surface area (Å²) in [7, 11) is 1.58. The molecule has 0 aliphatic carbocycles.